The molecule has 1 N–H and O–H groups in total. The quantitative estimate of drug-likeness (QED) is 0.186. The Balaban J connectivity index is 1.45. The summed E-state index contributed by atoms with van der Waals surface area (Å²) in [6, 6.07) is 37.5. The van der Waals surface area contributed by atoms with E-state index in [9.17, 15) is 13.9 Å². The second-order valence-electron chi connectivity index (χ2n) is 10.4. The highest BCUT2D eigenvalue weighted by Gasteiger charge is 2.61. The molecule has 1 heterocycles. The molecule has 6 nitrogen and oxygen atoms in total. The fourth-order valence-electron chi connectivity index (χ4n) is 5.06. The maximum absolute atomic E-state index is 14.8. The van der Waals surface area contributed by atoms with Crippen molar-refractivity contribution in [2.24, 2.45) is 0 Å². The number of aliphatic hydroxyl groups is 1. The molecule has 5 atom stereocenters. The van der Waals surface area contributed by atoms with Gasteiger partial charge in [-0.2, -0.15) is 0 Å². The third kappa shape index (κ3) is 8.32. The molecule has 0 radical (unpaired) electrons. The summed E-state index contributed by atoms with van der Waals surface area (Å²) in [6.07, 6.45) is -8.03. The Morgan fingerprint density at radius 2 is 0.977 bits per heavy atom. The van der Waals surface area contributed by atoms with E-state index in [0.29, 0.717) is 0 Å². The van der Waals surface area contributed by atoms with Crippen LogP contribution in [0.25, 0.3) is 0 Å². The molecule has 4 aromatic rings. The van der Waals surface area contributed by atoms with Gasteiger partial charge in [-0.05, 0) is 22.3 Å². The third-order valence-electron chi connectivity index (χ3n) is 7.29. The van der Waals surface area contributed by atoms with Crippen molar-refractivity contribution >= 4 is 0 Å². The van der Waals surface area contributed by atoms with Crippen molar-refractivity contribution in [3.63, 3.8) is 0 Å². The Morgan fingerprint density at radius 1 is 0.581 bits per heavy atom. The van der Waals surface area contributed by atoms with Gasteiger partial charge >= 0.3 is 0 Å². The third-order valence-corrected chi connectivity index (χ3v) is 7.29. The highest BCUT2D eigenvalue weighted by molar-refractivity contribution is 5.17. The summed E-state index contributed by atoms with van der Waals surface area (Å²) < 4.78 is 60.0. The van der Waals surface area contributed by atoms with Gasteiger partial charge in [0.1, 0.15) is 24.4 Å². The van der Waals surface area contributed by atoms with E-state index in [1.54, 1.807) is 0 Å². The summed E-state index contributed by atoms with van der Waals surface area (Å²) in [5.41, 5.74) is 3.36. The zero-order valence-corrected chi connectivity index (χ0v) is 23.7. The van der Waals surface area contributed by atoms with E-state index < -0.39 is 36.6 Å². The van der Waals surface area contributed by atoms with Crippen LogP contribution < -0.4 is 0 Å². The minimum Gasteiger partial charge on any atom is -0.374 e. The minimum atomic E-state index is -3.30. The van der Waals surface area contributed by atoms with E-state index in [2.05, 4.69) is 0 Å². The molecule has 0 saturated carbocycles. The normalized spacial score (nSPS) is 23.8. The van der Waals surface area contributed by atoms with Crippen molar-refractivity contribution in [2.75, 3.05) is 6.61 Å². The second-order valence-corrected chi connectivity index (χ2v) is 10.4. The molecule has 1 fully saturated rings. The zero-order chi connectivity index (χ0) is 29.9. The Kier molecular flexibility index (Phi) is 11.0. The summed E-state index contributed by atoms with van der Waals surface area (Å²) >= 11 is 0. The van der Waals surface area contributed by atoms with Crippen molar-refractivity contribution in [2.45, 2.75) is 63.1 Å². The molecule has 1 saturated heterocycles. The molecule has 8 heteroatoms. The van der Waals surface area contributed by atoms with Gasteiger partial charge < -0.3 is 28.8 Å². The van der Waals surface area contributed by atoms with E-state index in [-0.39, 0.29) is 33.0 Å². The SMILES string of the molecule is O[C@@]1(C(F)F)O[C@H](COCc2ccccc2)[C@@H](OCc2ccccc2)[C@H](OCc2ccccc2)[C@@H]1OCc1ccccc1. The Hall–Kier alpha value is -3.50. The van der Waals surface area contributed by atoms with Gasteiger partial charge in [-0.3, -0.25) is 0 Å². The molecule has 0 bridgehead atoms. The molecule has 0 unspecified atom stereocenters. The average Bonchev–Trinajstić information content (AvgIpc) is 3.04. The minimum absolute atomic E-state index is 0.0460. The van der Waals surface area contributed by atoms with Crippen LogP contribution in [0.3, 0.4) is 0 Å². The standard InChI is InChI=1S/C35H36F2O6/c36-34(37)35(38)33(42-24-29-19-11-4-12-20-29)32(41-23-28-17-9-3-10-18-28)31(40-22-27-15-7-2-8-16-27)30(43-35)25-39-21-26-13-5-1-6-14-26/h1-20,30-34,38H,21-25H2/t30-,31-,32+,33+,35-/m1/s1. The second kappa shape index (κ2) is 15.3. The van der Waals surface area contributed by atoms with E-state index >= 15 is 0 Å². The lowest BCUT2D eigenvalue weighted by Gasteiger charge is -2.49. The highest BCUT2D eigenvalue weighted by Crippen LogP contribution is 2.39. The fraction of sp³-hybridized carbons (Fsp3) is 0.314. The summed E-state index contributed by atoms with van der Waals surface area (Å²) in [4.78, 5) is 0. The molecule has 0 spiro atoms. The van der Waals surface area contributed by atoms with E-state index in [1.165, 1.54) is 0 Å². The molecular weight excluding hydrogens is 554 g/mol. The van der Waals surface area contributed by atoms with Crippen LogP contribution in [-0.2, 0) is 50.1 Å². The average molecular weight is 591 g/mol. The monoisotopic (exact) mass is 590 g/mol. The lowest BCUT2D eigenvalue weighted by Crippen LogP contribution is -2.69. The molecule has 4 aromatic carbocycles. The summed E-state index contributed by atoms with van der Waals surface area (Å²) in [5.74, 6) is -2.98. The topological polar surface area (TPSA) is 66.4 Å². The first-order valence-electron chi connectivity index (χ1n) is 14.3. The van der Waals surface area contributed by atoms with Gasteiger partial charge in [-0.1, -0.05) is 121 Å². The number of alkyl halides is 2. The maximum Gasteiger partial charge on any atom is 0.294 e. The van der Waals surface area contributed by atoms with Crippen LogP contribution in [-0.4, -0.2) is 48.3 Å². The van der Waals surface area contributed by atoms with Gasteiger partial charge in [-0.15, -0.1) is 0 Å². The molecule has 226 valence electrons. The van der Waals surface area contributed by atoms with Crippen LogP contribution in [0.4, 0.5) is 8.78 Å². The number of halogens is 2. The van der Waals surface area contributed by atoms with Crippen molar-refractivity contribution in [1.29, 1.82) is 0 Å². The van der Waals surface area contributed by atoms with Gasteiger partial charge in [0, 0.05) is 0 Å². The lowest BCUT2D eigenvalue weighted by atomic mass is 9.91. The first-order valence-corrected chi connectivity index (χ1v) is 14.3. The smallest absolute Gasteiger partial charge is 0.294 e. The number of rotatable bonds is 14. The fourth-order valence-corrected chi connectivity index (χ4v) is 5.06. The van der Waals surface area contributed by atoms with Gasteiger partial charge in [0.2, 0.25) is 0 Å². The number of hydrogen-bond donors (Lipinski definition) is 1. The van der Waals surface area contributed by atoms with Crippen molar-refractivity contribution in [3.8, 4) is 0 Å². The van der Waals surface area contributed by atoms with E-state index in [4.69, 9.17) is 23.7 Å². The first-order chi connectivity index (χ1) is 21.0. The van der Waals surface area contributed by atoms with Crippen molar-refractivity contribution < 1.29 is 37.6 Å². The summed E-state index contributed by atoms with van der Waals surface area (Å²) in [5, 5.41) is 11.5. The van der Waals surface area contributed by atoms with Gasteiger partial charge in [0.25, 0.3) is 12.2 Å². The largest absolute Gasteiger partial charge is 0.374 e. The summed E-state index contributed by atoms with van der Waals surface area (Å²) in [7, 11) is 0. The van der Waals surface area contributed by atoms with Crippen LogP contribution in [0.1, 0.15) is 22.3 Å². The van der Waals surface area contributed by atoms with Crippen LogP contribution in [0.2, 0.25) is 0 Å². The molecule has 5 rings (SSSR count). The van der Waals surface area contributed by atoms with Gasteiger partial charge in [0.05, 0.1) is 33.0 Å². The molecule has 0 amide bonds. The first kappa shape index (κ1) is 30.9. The molecular formula is C35H36F2O6. The van der Waals surface area contributed by atoms with Gasteiger partial charge in [0.15, 0.2) is 0 Å². The molecule has 43 heavy (non-hydrogen) atoms. The molecule has 0 aromatic heterocycles. The van der Waals surface area contributed by atoms with Gasteiger partial charge in [-0.25, -0.2) is 8.78 Å². The predicted molar refractivity (Wildman–Crippen MR) is 157 cm³/mol. The van der Waals surface area contributed by atoms with Crippen LogP contribution in [0, 0.1) is 0 Å². The van der Waals surface area contributed by atoms with E-state index in [0.717, 1.165) is 22.3 Å². The van der Waals surface area contributed by atoms with Crippen molar-refractivity contribution in [3.05, 3.63) is 144 Å². The van der Waals surface area contributed by atoms with Crippen LogP contribution >= 0.6 is 0 Å². The molecule has 1 aliphatic rings. The number of ether oxygens (including phenoxy) is 5. The number of benzene rings is 4. The Labute approximate surface area is 250 Å². The highest BCUT2D eigenvalue weighted by atomic mass is 19.3. The van der Waals surface area contributed by atoms with E-state index in [1.807, 2.05) is 121 Å². The lowest BCUT2D eigenvalue weighted by molar-refractivity contribution is -0.399. The number of hydrogen-bond acceptors (Lipinski definition) is 6. The van der Waals surface area contributed by atoms with Crippen molar-refractivity contribution in [1.82, 2.24) is 0 Å². The molecule has 1 aliphatic heterocycles. The summed E-state index contributed by atoms with van der Waals surface area (Å²) in [6.45, 7) is 0.297. The van der Waals surface area contributed by atoms with Crippen LogP contribution in [0.5, 0.6) is 0 Å². The van der Waals surface area contributed by atoms with Crippen LogP contribution in [0.15, 0.2) is 121 Å². The Morgan fingerprint density at radius 3 is 1.42 bits per heavy atom. The molecule has 0 aliphatic carbocycles. The zero-order valence-electron chi connectivity index (χ0n) is 23.7. The maximum atomic E-state index is 14.8. The Bertz CT molecular complexity index is 1350. The predicted octanol–water partition coefficient (Wildman–Crippen LogP) is 6.31.